The molecule has 124 valence electrons. The average Bonchev–Trinajstić information content (AvgIpc) is 2.95. The number of rotatable bonds is 4. The van der Waals surface area contributed by atoms with E-state index in [2.05, 4.69) is 10.4 Å². The molecule has 7 heteroatoms. The number of nitrogens with zero attached hydrogens (tertiary/aromatic N) is 2. The van der Waals surface area contributed by atoms with Crippen molar-refractivity contribution in [3.05, 3.63) is 52.1 Å². The zero-order valence-electron chi connectivity index (χ0n) is 13.6. The highest BCUT2D eigenvalue weighted by Crippen LogP contribution is 2.24. The van der Waals surface area contributed by atoms with Crippen LogP contribution in [0.3, 0.4) is 0 Å². The van der Waals surface area contributed by atoms with E-state index in [1.807, 2.05) is 6.07 Å². The van der Waals surface area contributed by atoms with Gasteiger partial charge in [0.05, 0.1) is 31.0 Å². The van der Waals surface area contributed by atoms with Crippen molar-refractivity contribution in [3.63, 3.8) is 0 Å². The molecule has 1 aromatic carbocycles. The molecule has 0 aliphatic carbocycles. The zero-order chi connectivity index (χ0) is 17.3. The van der Waals surface area contributed by atoms with Crippen molar-refractivity contribution in [1.82, 2.24) is 9.78 Å². The lowest BCUT2D eigenvalue weighted by Gasteiger charge is -2.09. The van der Waals surface area contributed by atoms with E-state index in [0.717, 1.165) is 10.9 Å². The number of carbonyl (C=O) groups is 1. The van der Waals surface area contributed by atoms with Crippen LogP contribution >= 0.6 is 0 Å². The number of nitrogens with one attached hydrogen (secondary N) is 1. The molecule has 24 heavy (non-hydrogen) atoms. The summed E-state index contributed by atoms with van der Waals surface area (Å²) in [4.78, 5) is 24.4. The molecule has 1 amide bonds. The molecular formula is C17H17N3O4. The minimum Gasteiger partial charge on any atom is -0.497 e. The number of anilines is 1. The first-order chi connectivity index (χ1) is 11.5. The number of ether oxygens (including phenoxy) is 1. The summed E-state index contributed by atoms with van der Waals surface area (Å²) < 4.78 is 12.1. The quantitative estimate of drug-likeness (QED) is 0.741. The SMILES string of the molecule is COc1ccc2c(C)c(CC(=O)Nc3cnn(C)c3)c(=O)oc2c1. The van der Waals surface area contributed by atoms with Crippen LogP contribution in [-0.4, -0.2) is 22.8 Å². The van der Waals surface area contributed by atoms with E-state index in [4.69, 9.17) is 9.15 Å². The first-order valence-corrected chi connectivity index (χ1v) is 7.36. The maximum atomic E-state index is 12.2. The summed E-state index contributed by atoms with van der Waals surface area (Å²) in [5.41, 5.74) is 1.57. The van der Waals surface area contributed by atoms with E-state index in [1.54, 1.807) is 50.3 Å². The molecular weight excluding hydrogens is 310 g/mol. The van der Waals surface area contributed by atoms with Crippen molar-refractivity contribution in [2.75, 3.05) is 12.4 Å². The van der Waals surface area contributed by atoms with Gasteiger partial charge in [0.25, 0.3) is 0 Å². The highest BCUT2D eigenvalue weighted by atomic mass is 16.5. The summed E-state index contributed by atoms with van der Waals surface area (Å²) in [7, 11) is 3.30. The van der Waals surface area contributed by atoms with Crippen LogP contribution in [0.25, 0.3) is 11.0 Å². The van der Waals surface area contributed by atoms with Gasteiger partial charge in [-0.2, -0.15) is 5.10 Å². The van der Waals surface area contributed by atoms with Crippen LogP contribution in [0.2, 0.25) is 0 Å². The first-order valence-electron chi connectivity index (χ1n) is 7.36. The molecule has 2 aromatic heterocycles. The van der Waals surface area contributed by atoms with Crippen LogP contribution < -0.4 is 15.7 Å². The van der Waals surface area contributed by atoms with E-state index in [0.29, 0.717) is 22.6 Å². The van der Waals surface area contributed by atoms with Crippen LogP contribution in [0.1, 0.15) is 11.1 Å². The minimum absolute atomic E-state index is 0.0645. The fourth-order valence-electron chi connectivity index (χ4n) is 2.56. The van der Waals surface area contributed by atoms with E-state index < -0.39 is 5.63 Å². The summed E-state index contributed by atoms with van der Waals surface area (Å²) in [6, 6.07) is 5.26. The van der Waals surface area contributed by atoms with E-state index in [9.17, 15) is 9.59 Å². The van der Waals surface area contributed by atoms with Gasteiger partial charge >= 0.3 is 5.63 Å². The highest BCUT2D eigenvalue weighted by molar-refractivity contribution is 5.93. The molecule has 0 spiro atoms. The lowest BCUT2D eigenvalue weighted by Crippen LogP contribution is -2.20. The molecule has 7 nitrogen and oxygen atoms in total. The van der Waals surface area contributed by atoms with Gasteiger partial charge in [-0.15, -0.1) is 0 Å². The molecule has 2 heterocycles. The van der Waals surface area contributed by atoms with Crippen molar-refractivity contribution < 1.29 is 13.9 Å². The van der Waals surface area contributed by atoms with Gasteiger partial charge in [-0.05, 0) is 24.6 Å². The second-order valence-corrected chi connectivity index (χ2v) is 5.48. The largest absolute Gasteiger partial charge is 0.497 e. The second kappa shape index (κ2) is 6.19. The van der Waals surface area contributed by atoms with Crippen molar-refractivity contribution in [2.24, 2.45) is 7.05 Å². The molecule has 0 aliphatic rings. The van der Waals surface area contributed by atoms with Crippen molar-refractivity contribution in [3.8, 4) is 5.75 Å². The Labute approximate surface area is 137 Å². The number of aryl methyl sites for hydroxylation is 2. The molecule has 0 radical (unpaired) electrons. The molecule has 0 fully saturated rings. The summed E-state index contributed by atoms with van der Waals surface area (Å²) in [5, 5.41) is 7.47. The van der Waals surface area contributed by atoms with E-state index in [-0.39, 0.29) is 12.3 Å². The first kappa shape index (κ1) is 15.8. The van der Waals surface area contributed by atoms with Crippen molar-refractivity contribution in [1.29, 1.82) is 0 Å². The Balaban J connectivity index is 1.91. The molecule has 0 unspecified atom stereocenters. The van der Waals surface area contributed by atoms with Gasteiger partial charge in [0.1, 0.15) is 11.3 Å². The van der Waals surface area contributed by atoms with E-state index in [1.165, 1.54) is 0 Å². The predicted molar refractivity (Wildman–Crippen MR) is 89.3 cm³/mol. The normalized spacial score (nSPS) is 10.8. The molecule has 3 rings (SSSR count). The number of hydrogen-bond acceptors (Lipinski definition) is 5. The molecule has 0 bridgehead atoms. The van der Waals surface area contributed by atoms with Gasteiger partial charge in [0.2, 0.25) is 5.91 Å². The van der Waals surface area contributed by atoms with Crippen LogP contribution in [0, 0.1) is 6.92 Å². The summed E-state index contributed by atoms with van der Waals surface area (Å²) in [6.45, 7) is 1.80. The number of carbonyl (C=O) groups excluding carboxylic acids is 1. The minimum atomic E-state index is -0.519. The topological polar surface area (TPSA) is 86.4 Å². The fraction of sp³-hybridized carbons (Fsp3) is 0.235. The number of hydrogen-bond donors (Lipinski definition) is 1. The van der Waals surface area contributed by atoms with Gasteiger partial charge in [-0.3, -0.25) is 9.48 Å². The third kappa shape index (κ3) is 3.01. The number of fused-ring (bicyclic) bond motifs is 1. The van der Waals surface area contributed by atoms with E-state index >= 15 is 0 Å². The maximum Gasteiger partial charge on any atom is 0.340 e. The molecule has 3 aromatic rings. The van der Waals surface area contributed by atoms with Gasteiger partial charge in [0, 0.05) is 24.7 Å². The lowest BCUT2D eigenvalue weighted by atomic mass is 10.0. The Hall–Kier alpha value is -3.09. The average molecular weight is 327 g/mol. The maximum absolute atomic E-state index is 12.2. The molecule has 0 aliphatic heterocycles. The lowest BCUT2D eigenvalue weighted by molar-refractivity contribution is -0.115. The fourth-order valence-corrected chi connectivity index (χ4v) is 2.56. The number of benzene rings is 1. The number of amides is 1. The molecule has 0 atom stereocenters. The number of aromatic nitrogens is 2. The Morgan fingerprint density at radius 1 is 1.42 bits per heavy atom. The Bertz CT molecular complexity index is 972. The van der Waals surface area contributed by atoms with Crippen molar-refractivity contribution >= 4 is 22.6 Å². The molecule has 1 N–H and O–H groups in total. The van der Waals surface area contributed by atoms with Gasteiger partial charge < -0.3 is 14.5 Å². The van der Waals surface area contributed by atoms with Crippen LogP contribution in [0.15, 0.2) is 39.8 Å². The van der Waals surface area contributed by atoms with Crippen molar-refractivity contribution in [2.45, 2.75) is 13.3 Å². The zero-order valence-corrected chi connectivity index (χ0v) is 13.6. The summed E-state index contributed by atoms with van der Waals surface area (Å²) in [6.07, 6.45) is 3.16. The van der Waals surface area contributed by atoms with Gasteiger partial charge in [0.15, 0.2) is 0 Å². The second-order valence-electron chi connectivity index (χ2n) is 5.48. The smallest absolute Gasteiger partial charge is 0.340 e. The van der Waals surface area contributed by atoms with Crippen LogP contribution in [-0.2, 0) is 18.3 Å². The Morgan fingerprint density at radius 3 is 2.88 bits per heavy atom. The third-order valence-electron chi connectivity index (χ3n) is 3.82. The third-order valence-corrected chi connectivity index (χ3v) is 3.82. The number of methoxy groups -OCH3 is 1. The summed E-state index contributed by atoms with van der Waals surface area (Å²) in [5.74, 6) is 0.304. The molecule has 0 saturated heterocycles. The van der Waals surface area contributed by atoms with Gasteiger partial charge in [-0.1, -0.05) is 0 Å². The predicted octanol–water partition coefficient (Wildman–Crippen LogP) is 2.02. The molecule has 0 saturated carbocycles. The van der Waals surface area contributed by atoms with Crippen LogP contribution in [0.4, 0.5) is 5.69 Å². The highest BCUT2D eigenvalue weighted by Gasteiger charge is 2.15. The Kier molecular flexibility index (Phi) is 4.07. The van der Waals surface area contributed by atoms with Crippen LogP contribution in [0.5, 0.6) is 5.75 Å². The van der Waals surface area contributed by atoms with Gasteiger partial charge in [-0.25, -0.2) is 4.79 Å². The summed E-state index contributed by atoms with van der Waals surface area (Å²) >= 11 is 0. The Morgan fingerprint density at radius 2 is 2.21 bits per heavy atom. The monoisotopic (exact) mass is 327 g/mol. The standard InChI is InChI=1S/C17H17N3O4/c1-10-13-5-4-12(23-3)6-15(13)24-17(22)14(10)7-16(21)19-11-8-18-20(2)9-11/h4-6,8-9H,7H2,1-3H3,(H,19,21).